The van der Waals surface area contributed by atoms with Crippen LogP contribution in [0.25, 0.3) is 0 Å². The molecular weight excluding hydrogens is 346 g/mol. The van der Waals surface area contributed by atoms with Crippen LogP contribution < -0.4 is 15.8 Å². The minimum atomic E-state index is -1.01. The lowest BCUT2D eigenvalue weighted by atomic mass is 10.00. The van der Waals surface area contributed by atoms with E-state index >= 15 is 0 Å². The molecule has 2 aromatic carbocycles. The summed E-state index contributed by atoms with van der Waals surface area (Å²) in [5.74, 6) is -0.401. The average molecular weight is 371 g/mol. The first-order valence-electron chi connectivity index (χ1n) is 8.60. The second-order valence-electron chi connectivity index (χ2n) is 6.01. The molecule has 0 aliphatic carbocycles. The maximum absolute atomic E-state index is 11.9. The van der Waals surface area contributed by atoms with Gasteiger partial charge in [0.1, 0.15) is 11.6 Å². The summed E-state index contributed by atoms with van der Waals surface area (Å²) >= 11 is 0. The van der Waals surface area contributed by atoms with Crippen molar-refractivity contribution >= 4 is 17.5 Å². The Labute approximate surface area is 158 Å². The Hall–Kier alpha value is -3.06. The lowest BCUT2D eigenvalue weighted by molar-refractivity contribution is -0.138. The number of nitrogen functional groups attached to an aromatic ring is 1. The highest BCUT2D eigenvalue weighted by atomic mass is 16.5. The number of aliphatic carboxylic acids is 1. The molecule has 144 valence electrons. The number of hydrogen-bond acceptors (Lipinski definition) is 5. The van der Waals surface area contributed by atoms with Crippen molar-refractivity contribution in [2.24, 2.45) is 5.73 Å². The first kappa shape index (κ1) is 20.3. The van der Waals surface area contributed by atoms with E-state index in [9.17, 15) is 9.90 Å². The molecule has 0 heterocycles. The summed E-state index contributed by atoms with van der Waals surface area (Å²) in [5, 5.41) is 20.1. The number of carbonyl (C=O) groups is 1. The lowest BCUT2D eigenvalue weighted by Crippen LogP contribution is -2.21. The maximum Gasteiger partial charge on any atom is 0.330 e. The number of carboxylic acids is 1. The zero-order valence-corrected chi connectivity index (χ0v) is 15.7. The van der Waals surface area contributed by atoms with Crippen LogP contribution in [0.2, 0.25) is 0 Å². The minimum absolute atomic E-state index is 0.0407. The molecule has 0 aliphatic heterocycles. The second kappa shape index (κ2) is 9.05. The van der Waals surface area contributed by atoms with Gasteiger partial charge in [-0.05, 0) is 55.8 Å². The van der Waals surface area contributed by atoms with Crippen LogP contribution in [-0.2, 0) is 9.53 Å². The molecule has 2 aromatic rings. The Morgan fingerprint density at radius 3 is 2.44 bits per heavy atom. The van der Waals surface area contributed by atoms with Gasteiger partial charge in [-0.25, -0.2) is 4.79 Å². The molecule has 27 heavy (non-hydrogen) atoms. The van der Waals surface area contributed by atoms with Crippen molar-refractivity contribution in [3.05, 3.63) is 59.2 Å². The van der Waals surface area contributed by atoms with Gasteiger partial charge in [0.15, 0.2) is 6.04 Å². The lowest BCUT2D eigenvalue weighted by Gasteiger charge is -2.21. The fraction of sp³-hybridized carbons (Fsp3) is 0.300. The summed E-state index contributed by atoms with van der Waals surface area (Å²) in [4.78, 5) is 11.9. The average Bonchev–Trinajstić information content (AvgIpc) is 2.66. The zero-order chi connectivity index (χ0) is 20.0. The van der Waals surface area contributed by atoms with Gasteiger partial charge in [-0.2, -0.15) is 0 Å². The van der Waals surface area contributed by atoms with Gasteiger partial charge in [-0.15, -0.1) is 0 Å². The van der Waals surface area contributed by atoms with E-state index in [1.807, 2.05) is 13.8 Å². The van der Waals surface area contributed by atoms with Crippen LogP contribution in [0.3, 0.4) is 0 Å². The number of hydrogen-bond donors (Lipinski definition) is 4. The summed E-state index contributed by atoms with van der Waals surface area (Å²) < 4.78 is 11.0. The molecule has 0 aliphatic rings. The van der Waals surface area contributed by atoms with Crippen LogP contribution in [0.5, 0.6) is 5.75 Å². The Morgan fingerprint density at radius 2 is 1.93 bits per heavy atom. The van der Waals surface area contributed by atoms with E-state index in [4.69, 9.17) is 20.6 Å². The van der Waals surface area contributed by atoms with Crippen molar-refractivity contribution in [3.63, 3.8) is 0 Å². The molecule has 2 rings (SSSR count). The Morgan fingerprint density at radius 1 is 1.26 bits per heavy atom. The number of amidine groups is 1. The molecule has 7 heteroatoms. The van der Waals surface area contributed by atoms with Gasteiger partial charge in [0, 0.05) is 23.4 Å². The zero-order valence-electron chi connectivity index (χ0n) is 15.7. The van der Waals surface area contributed by atoms with Gasteiger partial charge < -0.3 is 25.6 Å². The molecule has 0 saturated carbocycles. The summed E-state index contributed by atoms with van der Waals surface area (Å²) in [6, 6.07) is 11.0. The van der Waals surface area contributed by atoms with Crippen molar-refractivity contribution in [3.8, 4) is 5.75 Å². The number of methoxy groups -OCH3 is 1. The molecular formula is C20H25N3O4. The molecule has 5 N–H and O–H groups in total. The van der Waals surface area contributed by atoms with E-state index in [2.05, 4.69) is 5.32 Å². The molecule has 0 amide bonds. The fourth-order valence-electron chi connectivity index (χ4n) is 2.79. The number of ether oxygens (including phenoxy) is 2. The summed E-state index contributed by atoms with van der Waals surface area (Å²) in [6.07, 6.45) is -0.228. The van der Waals surface area contributed by atoms with E-state index in [1.54, 1.807) is 49.6 Å². The van der Waals surface area contributed by atoms with Crippen LogP contribution in [0, 0.1) is 5.41 Å². The van der Waals surface area contributed by atoms with E-state index in [-0.39, 0.29) is 11.9 Å². The fourth-order valence-corrected chi connectivity index (χ4v) is 2.79. The summed E-state index contributed by atoms with van der Waals surface area (Å²) in [7, 11) is 1.57. The molecule has 7 nitrogen and oxygen atoms in total. The number of benzene rings is 2. The predicted molar refractivity (Wildman–Crippen MR) is 104 cm³/mol. The molecule has 0 spiro atoms. The Kier molecular flexibility index (Phi) is 6.79. The largest absolute Gasteiger partial charge is 0.496 e. The molecule has 1 unspecified atom stereocenters. The Bertz CT molecular complexity index is 805. The Balaban J connectivity index is 2.34. The smallest absolute Gasteiger partial charge is 0.330 e. The molecule has 0 fully saturated rings. The topological polar surface area (TPSA) is 118 Å². The van der Waals surface area contributed by atoms with Crippen LogP contribution in [0.15, 0.2) is 42.5 Å². The van der Waals surface area contributed by atoms with Crippen molar-refractivity contribution in [2.45, 2.75) is 26.0 Å². The molecule has 2 atom stereocenters. The predicted octanol–water partition coefficient (Wildman–Crippen LogP) is 3.31. The third-order valence-electron chi connectivity index (χ3n) is 4.20. The first-order valence-corrected chi connectivity index (χ1v) is 8.60. The van der Waals surface area contributed by atoms with Crippen LogP contribution in [0.1, 0.15) is 42.7 Å². The van der Waals surface area contributed by atoms with Gasteiger partial charge in [0.2, 0.25) is 0 Å². The van der Waals surface area contributed by atoms with E-state index in [1.165, 1.54) is 0 Å². The third-order valence-corrected chi connectivity index (χ3v) is 4.20. The summed E-state index contributed by atoms with van der Waals surface area (Å²) in [6.45, 7) is 4.34. The molecule has 0 radical (unpaired) electrons. The number of carboxylic acid groups (broad SMARTS) is 1. The quantitative estimate of drug-likeness (QED) is 0.397. The van der Waals surface area contributed by atoms with Gasteiger partial charge in [-0.3, -0.25) is 5.41 Å². The number of nitrogens with two attached hydrogens (primary N) is 1. The monoisotopic (exact) mass is 371 g/mol. The van der Waals surface area contributed by atoms with Crippen molar-refractivity contribution in [2.75, 3.05) is 19.0 Å². The SMILES string of the molecule is CCO[C@@H](C)c1cc(C(Nc2ccc(C(=N)N)cc2)C(=O)O)ccc1OC. The van der Waals surface area contributed by atoms with Gasteiger partial charge in [0.05, 0.1) is 13.2 Å². The van der Waals surface area contributed by atoms with Crippen LogP contribution in [-0.4, -0.2) is 30.6 Å². The number of rotatable bonds is 9. The molecule has 0 aromatic heterocycles. The minimum Gasteiger partial charge on any atom is -0.496 e. The maximum atomic E-state index is 11.9. The van der Waals surface area contributed by atoms with Gasteiger partial charge in [-0.1, -0.05) is 6.07 Å². The molecule has 0 saturated heterocycles. The number of nitrogens with one attached hydrogen (secondary N) is 2. The third kappa shape index (κ3) is 4.98. The summed E-state index contributed by atoms with van der Waals surface area (Å²) in [5.41, 5.74) is 8.01. The highest BCUT2D eigenvalue weighted by Crippen LogP contribution is 2.31. The second-order valence-corrected chi connectivity index (χ2v) is 6.01. The standard InChI is InChI=1S/C20H25N3O4/c1-4-27-12(2)16-11-14(7-10-17(16)26-3)18(20(24)25)23-15-8-5-13(6-9-15)19(21)22/h5-12,18,23H,4H2,1-3H3,(H3,21,22)(H,24,25)/t12-,18?/m0/s1. The number of anilines is 1. The van der Waals surface area contributed by atoms with Crippen molar-refractivity contribution in [1.29, 1.82) is 5.41 Å². The van der Waals surface area contributed by atoms with Crippen LogP contribution >= 0.6 is 0 Å². The van der Waals surface area contributed by atoms with Crippen molar-refractivity contribution < 1.29 is 19.4 Å². The highest BCUT2D eigenvalue weighted by molar-refractivity contribution is 5.95. The van der Waals surface area contributed by atoms with Crippen LogP contribution in [0.4, 0.5) is 5.69 Å². The van der Waals surface area contributed by atoms with Crippen molar-refractivity contribution in [1.82, 2.24) is 0 Å². The molecule has 0 bridgehead atoms. The van der Waals surface area contributed by atoms with E-state index in [0.717, 1.165) is 5.56 Å². The van der Waals surface area contributed by atoms with E-state index in [0.29, 0.717) is 29.2 Å². The first-order chi connectivity index (χ1) is 12.9. The highest BCUT2D eigenvalue weighted by Gasteiger charge is 2.22. The normalized spacial score (nSPS) is 12.9. The van der Waals surface area contributed by atoms with Gasteiger partial charge in [0.25, 0.3) is 0 Å². The van der Waals surface area contributed by atoms with E-state index < -0.39 is 12.0 Å². The van der Waals surface area contributed by atoms with Gasteiger partial charge >= 0.3 is 5.97 Å².